The van der Waals surface area contributed by atoms with Gasteiger partial charge in [-0.15, -0.1) is 0 Å². The molecule has 0 aliphatic carbocycles. The molecule has 1 atom stereocenters. The van der Waals surface area contributed by atoms with Gasteiger partial charge in [-0.1, -0.05) is 40.8 Å². The van der Waals surface area contributed by atoms with Crippen molar-refractivity contribution < 1.29 is 4.52 Å². The molecule has 1 aromatic heterocycles. The molecule has 20 heavy (non-hydrogen) atoms. The number of benzene rings is 1. The Hall–Kier alpha value is -1.10. The van der Waals surface area contributed by atoms with Crippen molar-refractivity contribution in [3.63, 3.8) is 0 Å². The smallest absolute Gasteiger partial charge is 0.243 e. The van der Waals surface area contributed by atoms with Crippen molar-refractivity contribution in [1.29, 1.82) is 0 Å². The number of hydrogen-bond acceptors (Lipinski definition) is 4. The van der Waals surface area contributed by atoms with Crippen LogP contribution >= 0.6 is 23.2 Å². The van der Waals surface area contributed by atoms with E-state index in [4.69, 9.17) is 27.7 Å². The average Bonchev–Trinajstić information content (AvgIpc) is 2.92. The maximum absolute atomic E-state index is 6.15. The molecule has 0 radical (unpaired) electrons. The second-order valence-electron chi connectivity index (χ2n) is 4.96. The van der Waals surface area contributed by atoms with Crippen LogP contribution in [0, 0.1) is 0 Å². The number of aromatic nitrogens is 2. The van der Waals surface area contributed by atoms with Gasteiger partial charge in [0.15, 0.2) is 5.82 Å². The van der Waals surface area contributed by atoms with Crippen LogP contribution in [0.4, 0.5) is 0 Å². The highest BCUT2D eigenvalue weighted by molar-refractivity contribution is 6.35. The summed E-state index contributed by atoms with van der Waals surface area (Å²) in [7, 11) is 0. The van der Waals surface area contributed by atoms with Gasteiger partial charge in [0.05, 0.1) is 6.04 Å². The lowest BCUT2D eigenvalue weighted by molar-refractivity contribution is 0.296. The first-order valence-electron chi connectivity index (χ1n) is 6.72. The second kappa shape index (κ2) is 6.12. The Balaban J connectivity index is 1.73. The molecule has 2 heterocycles. The maximum atomic E-state index is 6.15. The number of piperidine rings is 1. The van der Waals surface area contributed by atoms with Crippen LogP contribution in [0.1, 0.15) is 42.6 Å². The third kappa shape index (κ3) is 3.14. The van der Waals surface area contributed by atoms with E-state index in [0.717, 1.165) is 18.5 Å². The molecule has 1 aromatic carbocycles. The second-order valence-corrected chi connectivity index (χ2v) is 5.81. The van der Waals surface area contributed by atoms with Gasteiger partial charge in [0.1, 0.15) is 0 Å². The third-order valence-electron chi connectivity index (χ3n) is 3.46. The van der Waals surface area contributed by atoms with E-state index in [1.54, 1.807) is 6.07 Å². The first-order valence-corrected chi connectivity index (χ1v) is 7.48. The van der Waals surface area contributed by atoms with Gasteiger partial charge in [-0.25, -0.2) is 0 Å². The van der Waals surface area contributed by atoms with Gasteiger partial charge in [0.2, 0.25) is 5.89 Å². The normalized spacial score (nSPS) is 19.2. The lowest BCUT2D eigenvalue weighted by Crippen LogP contribution is -2.27. The zero-order chi connectivity index (χ0) is 13.9. The Morgan fingerprint density at radius 2 is 2.20 bits per heavy atom. The highest BCUT2D eigenvalue weighted by Crippen LogP contribution is 2.24. The molecule has 3 rings (SSSR count). The Labute approximate surface area is 127 Å². The largest absolute Gasteiger partial charge is 0.338 e. The Kier molecular flexibility index (Phi) is 4.24. The summed E-state index contributed by atoms with van der Waals surface area (Å²) in [6.45, 7) is 1.01. The van der Waals surface area contributed by atoms with Crippen molar-refractivity contribution in [2.75, 3.05) is 6.54 Å². The number of nitrogens with one attached hydrogen (secondary N) is 1. The van der Waals surface area contributed by atoms with Crippen LogP contribution in [0.15, 0.2) is 22.7 Å². The highest BCUT2D eigenvalue weighted by Gasteiger charge is 2.21. The van der Waals surface area contributed by atoms with Gasteiger partial charge >= 0.3 is 0 Å². The standard InChI is InChI=1S/C14H15Cl2N3O/c15-10-5-4-9(11(16)8-10)7-13-18-14(20-19-13)12-3-1-2-6-17-12/h4-5,8,12,17H,1-3,6-7H2. The summed E-state index contributed by atoms with van der Waals surface area (Å²) >= 11 is 12.0. The molecule has 1 saturated heterocycles. The minimum absolute atomic E-state index is 0.186. The topological polar surface area (TPSA) is 51.0 Å². The molecule has 6 heteroatoms. The monoisotopic (exact) mass is 311 g/mol. The number of halogens is 2. The molecule has 0 bridgehead atoms. The first kappa shape index (κ1) is 13.9. The molecule has 1 aliphatic rings. The lowest BCUT2D eigenvalue weighted by Gasteiger charge is -2.19. The van der Waals surface area contributed by atoms with Gasteiger partial charge in [-0.05, 0) is 37.1 Å². The summed E-state index contributed by atoms with van der Waals surface area (Å²) in [6, 6.07) is 5.61. The van der Waals surface area contributed by atoms with Crippen LogP contribution in [0.25, 0.3) is 0 Å². The molecule has 4 nitrogen and oxygen atoms in total. The maximum Gasteiger partial charge on any atom is 0.243 e. The predicted molar refractivity (Wildman–Crippen MR) is 78.2 cm³/mol. The highest BCUT2D eigenvalue weighted by atomic mass is 35.5. The average molecular weight is 312 g/mol. The molecule has 0 spiro atoms. The fraction of sp³-hybridized carbons (Fsp3) is 0.429. The summed E-state index contributed by atoms with van der Waals surface area (Å²) in [4.78, 5) is 4.46. The van der Waals surface area contributed by atoms with Gasteiger partial charge in [-0.3, -0.25) is 0 Å². The summed E-state index contributed by atoms with van der Waals surface area (Å²) in [5.74, 6) is 1.32. The number of rotatable bonds is 3. The molecular weight excluding hydrogens is 297 g/mol. The van der Waals surface area contributed by atoms with E-state index in [9.17, 15) is 0 Å². The quantitative estimate of drug-likeness (QED) is 0.937. The fourth-order valence-corrected chi connectivity index (χ4v) is 2.85. The molecule has 106 valence electrons. The molecule has 1 unspecified atom stereocenters. The van der Waals surface area contributed by atoms with E-state index in [-0.39, 0.29) is 6.04 Å². The SMILES string of the molecule is Clc1ccc(Cc2noc(C3CCCCN3)n2)c(Cl)c1. The van der Waals surface area contributed by atoms with E-state index < -0.39 is 0 Å². The van der Waals surface area contributed by atoms with E-state index in [1.165, 1.54) is 12.8 Å². The van der Waals surface area contributed by atoms with Crippen LogP contribution in [0.2, 0.25) is 10.0 Å². The van der Waals surface area contributed by atoms with E-state index in [0.29, 0.717) is 28.2 Å². The summed E-state index contributed by atoms with van der Waals surface area (Å²) in [6.07, 6.45) is 3.99. The van der Waals surface area contributed by atoms with Crippen LogP contribution in [0.3, 0.4) is 0 Å². The van der Waals surface area contributed by atoms with E-state index in [2.05, 4.69) is 15.5 Å². The Bertz CT molecular complexity index is 594. The third-order valence-corrected chi connectivity index (χ3v) is 4.04. The molecule has 1 fully saturated rings. The van der Waals surface area contributed by atoms with Crippen molar-refractivity contribution in [2.24, 2.45) is 0 Å². The minimum atomic E-state index is 0.186. The zero-order valence-corrected chi connectivity index (χ0v) is 12.4. The van der Waals surface area contributed by atoms with Crippen LogP contribution in [-0.4, -0.2) is 16.7 Å². The van der Waals surface area contributed by atoms with Gasteiger partial charge in [0, 0.05) is 16.5 Å². The van der Waals surface area contributed by atoms with Crippen LogP contribution in [0.5, 0.6) is 0 Å². The van der Waals surface area contributed by atoms with Gasteiger partial charge in [-0.2, -0.15) is 4.98 Å². The molecule has 2 aromatic rings. The summed E-state index contributed by atoms with van der Waals surface area (Å²) in [5.41, 5.74) is 0.944. The van der Waals surface area contributed by atoms with Gasteiger partial charge < -0.3 is 9.84 Å². The van der Waals surface area contributed by atoms with Crippen molar-refractivity contribution in [3.05, 3.63) is 45.5 Å². The van der Waals surface area contributed by atoms with Crippen LogP contribution in [-0.2, 0) is 6.42 Å². The van der Waals surface area contributed by atoms with Crippen LogP contribution < -0.4 is 5.32 Å². The number of hydrogen-bond donors (Lipinski definition) is 1. The zero-order valence-electron chi connectivity index (χ0n) is 10.9. The van der Waals surface area contributed by atoms with Crippen molar-refractivity contribution in [3.8, 4) is 0 Å². The molecule has 0 amide bonds. The molecule has 0 saturated carbocycles. The van der Waals surface area contributed by atoms with Gasteiger partial charge in [0.25, 0.3) is 0 Å². The minimum Gasteiger partial charge on any atom is -0.338 e. The molecular formula is C14H15Cl2N3O. The predicted octanol–water partition coefficient (Wildman–Crippen LogP) is 3.78. The summed E-state index contributed by atoms with van der Waals surface area (Å²) in [5, 5.41) is 8.67. The lowest BCUT2D eigenvalue weighted by atomic mass is 10.1. The first-order chi connectivity index (χ1) is 9.72. The van der Waals surface area contributed by atoms with Crippen molar-refractivity contribution in [1.82, 2.24) is 15.5 Å². The number of nitrogens with zero attached hydrogens (tertiary/aromatic N) is 2. The molecule has 1 N–H and O–H groups in total. The van der Waals surface area contributed by atoms with E-state index >= 15 is 0 Å². The van der Waals surface area contributed by atoms with Crippen molar-refractivity contribution >= 4 is 23.2 Å². The Morgan fingerprint density at radius 1 is 1.30 bits per heavy atom. The van der Waals surface area contributed by atoms with E-state index in [1.807, 2.05) is 12.1 Å². The fourth-order valence-electron chi connectivity index (χ4n) is 2.38. The van der Waals surface area contributed by atoms with Crippen molar-refractivity contribution in [2.45, 2.75) is 31.7 Å². The summed E-state index contributed by atoms with van der Waals surface area (Å²) < 4.78 is 5.35. The Morgan fingerprint density at radius 3 is 2.95 bits per heavy atom. The molecule has 1 aliphatic heterocycles.